The van der Waals surface area contributed by atoms with Crippen molar-refractivity contribution < 1.29 is 14.3 Å². The lowest BCUT2D eigenvalue weighted by Crippen LogP contribution is -2.26. The Kier molecular flexibility index (Phi) is 6.38. The number of nitrogens with zero attached hydrogens (tertiary/aromatic N) is 1. The maximum Gasteiger partial charge on any atom is 0.275 e. The minimum Gasteiger partial charge on any atom is -0.489 e. The van der Waals surface area contributed by atoms with Gasteiger partial charge in [0.05, 0.1) is 16.8 Å². The fraction of sp³-hybridized carbons (Fsp3) is 0.444. The molecule has 0 bridgehead atoms. The molecule has 1 unspecified atom stereocenters. The molecule has 1 aliphatic heterocycles. The molecule has 1 amide bonds. The van der Waals surface area contributed by atoms with Gasteiger partial charge in [-0.3, -0.25) is 4.79 Å². The zero-order valence-electron chi connectivity index (χ0n) is 14.1. The van der Waals surface area contributed by atoms with E-state index in [1.165, 1.54) is 17.8 Å². The molecule has 3 rings (SSSR count). The quantitative estimate of drug-likeness (QED) is 0.792. The monoisotopic (exact) mass is 361 g/mol. The van der Waals surface area contributed by atoms with Gasteiger partial charge in [-0.05, 0) is 37.9 Å². The van der Waals surface area contributed by atoms with Crippen LogP contribution in [-0.4, -0.2) is 36.8 Å². The standard InChI is InChI=1S/C18H23N3O3S/c19-9-8-17-20-15(12-25-17)18(22)21-14-6-1-2-7-16(14)24-11-13-5-3-4-10-23-13/h1-2,6-7,12-13H,3-5,8-11,19H2,(H,21,22). The fourth-order valence-electron chi connectivity index (χ4n) is 2.66. The number of para-hydroxylation sites is 2. The van der Waals surface area contributed by atoms with Gasteiger partial charge >= 0.3 is 0 Å². The molecule has 1 fully saturated rings. The van der Waals surface area contributed by atoms with Crippen LogP contribution in [-0.2, 0) is 11.2 Å². The average molecular weight is 361 g/mol. The van der Waals surface area contributed by atoms with Crippen molar-refractivity contribution in [3.63, 3.8) is 0 Å². The molecule has 2 aromatic rings. The van der Waals surface area contributed by atoms with E-state index in [1.807, 2.05) is 24.3 Å². The normalized spacial score (nSPS) is 17.2. The van der Waals surface area contributed by atoms with Crippen molar-refractivity contribution in [2.24, 2.45) is 5.73 Å². The first kappa shape index (κ1) is 17.8. The van der Waals surface area contributed by atoms with E-state index >= 15 is 0 Å². The van der Waals surface area contributed by atoms with Crippen molar-refractivity contribution in [3.8, 4) is 5.75 Å². The summed E-state index contributed by atoms with van der Waals surface area (Å²) in [6.45, 7) is 1.81. The number of benzene rings is 1. The molecule has 0 radical (unpaired) electrons. The lowest BCUT2D eigenvalue weighted by molar-refractivity contribution is -0.0109. The van der Waals surface area contributed by atoms with E-state index in [-0.39, 0.29) is 12.0 Å². The number of hydrogen-bond acceptors (Lipinski definition) is 6. The second-order valence-electron chi connectivity index (χ2n) is 5.92. The van der Waals surface area contributed by atoms with E-state index in [0.29, 0.717) is 36.7 Å². The molecule has 134 valence electrons. The number of amides is 1. The number of nitrogens with two attached hydrogens (primary N) is 1. The number of nitrogens with one attached hydrogen (secondary N) is 1. The van der Waals surface area contributed by atoms with Gasteiger partial charge in [-0.2, -0.15) is 0 Å². The van der Waals surface area contributed by atoms with E-state index in [1.54, 1.807) is 5.38 Å². The highest BCUT2D eigenvalue weighted by molar-refractivity contribution is 7.09. The topological polar surface area (TPSA) is 86.5 Å². The molecular formula is C18H23N3O3S. The summed E-state index contributed by atoms with van der Waals surface area (Å²) >= 11 is 1.45. The van der Waals surface area contributed by atoms with Crippen LogP contribution in [0.3, 0.4) is 0 Å². The molecule has 1 atom stereocenters. The first-order valence-corrected chi connectivity index (χ1v) is 9.43. The van der Waals surface area contributed by atoms with Gasteiger partial charge in [-0.15, -0.1) is 11.3 Å². The first-order valence-electron chi connectivity index (χ1n) is 8.55. The first-order chi connectivity index (χ1) is 12.3. The Morgan fingerprint density at radius 3 is 3.08 bits per heavy atom. The molecule has 1 aliphatic rings. The minimum atomic E-state index is -0.246. The second-order valence-corrected chi connectivity index (χ2v) is 6.86. The summed E-state index contributed by atoms with van der Waals surface area (Å²) in [5.41, 5.74) is 6.56. The van der Waals surface area contributed by atoms with E-state index < -0.39 is 0 Å². The van der Waals surface area contributed by atoms with Gasteiger partial charge in [0.1, 0.15) is 18.1 Å². The van der Waals surface area contributed by atoms with Crippen LogP contribution < -0.4 is 15.8 Å². The fourth-order valence-corrected chi connectivity index (χ4v) is 3.45. The highest BCUT2D eigenvalue weighted by Gasteiger charge is 2.17. The SMILES string of the molecule is NCCc1nc(C(=O)Nc2ccccc2OCC2CCCCO2)cs1. The van der Waals surface area contributed by atoms with Crippen LogP contribution in [0.2, 0.25) is 0 Å². The Labute approximate surface area is 151 Å². The van der Waals surface area contributed by atoms with Crippen molar-refractivity contribution in [2.75, 3.05) is 25.1 Å². The lowest BCUT2D eigenvalue weighted by Gasteiger charge is -2.23. The molecule has 1 saturated heterocycles. The Morgan fingerprint density at radius 1 is 1.40 bits per heavy atom. The third kappa shape index (κ3) is 5.01. The Morgan fingerprint density at radius 2 is 2.28 bits per heavy atom. The zero-order valence-corrected chi connectivity index (χ0v) is 14.9. The summed E-state index contributed by atoms with van der Waals surface area (Å²) in [6.07, 6.45) is 4.09. The van der Waals surface area contributed by atoms with E-state index in [9.17, 15) is 4.79 Å². The number of aromatic nitrogens is 1. The Hall–Kier alpha value is -1.96. The molecule has 0 aliphatic carbocycles. The van der Waals surface area contributed by atoms with Crippen LogP contribution >= 0.6 is 11.3 Å². The number of anilines is 1. The molecule has 7 heteroatoms. The number of ether oxygens (including phenoxy) is 2. The molecule has 0 spiro atoms. The Bertz CT molecular complexity index is 698. The van der Waals surface area contributed by atoms with Crippen molar-refractivity contribution >= 4 is 22.9 Å². The molecule has 3 N–H and O–H groups in total. The van der Waals surface area contributed by atoms with Crippen LogP contribution in [0.25, 0.3) is 0 Å². The van der Waals surface area contributed by atoms with Crippen molar-refractivity contribution in [3.05, 3.63) is 40.3 Å². The third-order valence-corrected chi connectivity index (χ3v) is 4.89. The maximum absolute atomic E-state index is 12.4. The van der Waals surface area contributed by atoms with Crippen LogP contribution in [0.15, 0.2) is 29.6 Å². The van der Waals surface area contributed by atoms with E-state index in [4.69, 9.17) is 15.2 Å². The third-order valence-electron chi connectivity index (χ3n) is 3.98. The van der Waals surface area contributed by atoms with Gasteiger partial charge in [0.15, 0.2) is 0 Å². The van der Waals surface area contributed by atoms with E-state index in [0.717, 1.165) is 24.5 Å². The molecule has 2 heterocycles. The summed E-state index contributed by atoms with van der Waals surface area (Å²) in [6, 6.07) is 7.41. The van der Waals surface area contributed by atoms with Gasteiger partial charge < -0.3 is 20.5 Å². The Balaban J connectivity index is 1.62. The second kappa shape index (κ2) is 8.94. The summed E-state index contributed by atoms with van der Waals surface area (Å²) in [7, 11) is 0. The van der Waals surface area contributed by atoms with Gasteiger partial charge in [-0.25, -0.2) is 4.98 Å². The van der Waals surface area contributed by atoms with Gasteiger partial charge in [0, 0.05) is 18.4 Å². The largest absolute Gasteiger partial charge is 0.489 e. The summed E-state index contributed by atoms with van der Waals surface area (Å²) < 4.78 is 11.6. The molecule has 0 saturated carbocycles. The molecule has 1 aromatic carbocycles. The highest BCUT2D eigenvalue weighted by atomic mass is 32.1. The number of rotatable bonds is 7. The maximum atomic E-state index is 12.4. The number of thiazole rings is 1. The highest BCUT2D eigenvalue weighted by Crippen LogP contribution is 2.26. The lowest BCUT2D eigenvalue weighted by atomic mass is 10.1. The van der Waals surface area contributed by atoms with Gasteiger partial charge in [0.2, 0.25) is 0 Å². The number of hydrogen-bond donors (Lipinski definition) is 2. The van der Waals surface area contributed by atoms with E-state index in [2.05, 4.69) is 10.3 Å². The summed E-state index contributed by atoms with van der Waals surface area (Å²) in [4.78, 5) is 16.7. The number of carbonyl (C=O) groups is 1. The molecule has 6 nitrogen and oxygen atoms in total. The zero-order chi connectivity index (χ0) is 17.5. The van der Waals surface area contributed by atoms with Crippen LogP contribution in [0.1, 0.15) is 34.8 Å². The van der Waals surface area contributed by atoms with Crippen LogP contribution in [0.4, 0.5) is 5.69 Å². The predicted octanol–water partition coefficient (Wildman–Crippen LogP) is 2.84. The van der Waals surface area contributed by atoms with Crippen molar-refractivity contribution in [1.29, 1.82) is 0 Å². The number of carbonyl (C=O) groups excluding carboxylic acids is 1. The smallest absolute Gasteiger partial charge is 0.275 e. The van der Waals surface area contributed by atoms with Gasteiger partial charge in [0.25, 0.3) is 5.91 Å². The molecular weight excluding hydrogens is 338 g/mol. The summed E-state index contributed by atoms with van der Waals surface area (Å²) in [5, 5.41) is 5.50. The van der Waals surface area contributed by atoms with Crippen LogP contribution in [0, 0.1) is 0 Å². The average Bonchev–Trinajstić information content (AvgIpc) is 3.11. The predicted molar refractivity (Wildman–Crippen MR) is 98.4 cm³/mol. The molecule has 1 aromatic heterocycles. The van der Waals surface area contributed by atoms with Crippen molar-refractivity contribution in [2.45, 2.75) is 31.8 Å². The van der Waals surface area contributed by atoms with Crippen LogP contribution in [0.5, 0.6) is 5.75 Å². The summed E-state index contributed by atoms with van der Waals surface area (Å²) in [5.74, 6) is 0.395. The van der Waals surface area contributed by atoms with Crippen molar-refractivity contribution in [1.82, 2.24) is 4.98 Å². The molecule has 25 heavy (non-hydrogen) atoms. The van der Waals surface area contributed by atoms with Gasteiger partial charge in [-0.1, -0.05) is 12.1 Å². The minimum absolute atomic E-state index is 0.120.